The van der Waals surface area contributed by atoms with E-state index in [1.54, 1.807) is 0 Å². The molecule has 2 atom stereocenters. The maximum absolute atomic E-state index is 13.1. The second-order valence-corrected chi connectivity index (χ2v) is 7.58. The summed E-state index contributed by atoms with van der Waals surface area (Å²) in [5, 5.41) is 9.21. The Balaban J connectivity index is 2.25. The summed E-state index contributed by atoms with van der Waals surface area (Å²) in [5.41, 5.74) is -0.461. The second-order valence-electron chi connectivity index (χ2n) is 5.45. The Bertz CT molecular complexity index is 608. The van der Waals surface area contributed by atoms with E-state index >= 15 is 0 Å². The normalized spacial score (nSPS) is 26.9. The zero-order chi connectivity index (χ0) is 15.0. The SMILES string of the molecule is CC1(CO)CCCC1NS(=O)(=O)c1ccc(F)c(Cl)c1. The molecule has 20 heavy (non-hydrogen) atoms. The van der Waals surface area contributed by atoms with Crippen LogP contribution in [0, 0.1) is 11.2 Å². The van der Waals surface area contributed by atoms with E-state index in [1.807, 2.05) is 6.92 Å². The second kappa shape index (κ2) is 5.60. The smallest absolute Gasteiger partial charge is 0.240 e. The van der Waals surface area contributed by atoms with Crippen LogP contribution < -0.4 is 4.72 Å². The molecule has 0 heterocycles. The summed E-state index contributed by atoms with van der Waals surface area (Å²) in [6.07, 6.45) is 2.29. The first-order valence-electron chi connectivity index (χ1n) is 6.37. The highest BCUT2D eigenvalue weighted by Crippen LogP contribution is 2.38. The van der Waals surface area contributed by atoms with Crippen LogP contribution in [0.4, 0.5) is 4.39 Å². The molecule has 4 nitrogen and oxygen atoms in total. The molecule has 0 aromatic heterocycles. The van der Waals surface area contributed by atoms with Gasteiger partial charge in [0.05, 0.1) is 9.92 Å². The monoisotopic (exact) mass is 321 g/mol. The molecular formula is C13H17ClFNO3S. The zero-order valence-electron chi connectivity index (χ0n) is 11.1. The topological polar surface area (TPSA) is 66.4 Å². The molecule has 1 saturated carbocycles. The largest absolute Gasteiger partial charge is 0.396 e. The van der Waals surface area contributed by atoms with Crippen molar-refractivity contribution < 1.29 is 17.9 Å². The zero-order valence-corrected chi connectivity index (χ0v) is 12.6. The van der Waals surface area contributed by atoms with Crippen molar-refractivity contribution in [2.24, 2.45) is 5.41 Å². The van der Waals surface area contributed by atoms with Gasteiger partial charge in [0.25, 0.3) is 0 Å². The fraction of sp³-hybridized carbons (Fsp3) is 0.538. The number of hydrogen-bond acceptors (Lipinski definition) is 3. The van der Waals surface area contributed by atoms with Crippen LogP contribution in [-0.2, 0) is 10.0 Å². The number of hydrogen-bond donors (Lipinski definition) is 2. The first-order chi connectivity index (χ1) is 9.28. The summed E-state index contributed by atoms with van der Waals surface area (Å²) in [7, 11) is -3.78. The fourth-order valence-corrected chi connectivity index (χ4v) is 4.20. The first kappa shape index (κ1) is 15.7. The third kappa shape index (κ3) is 2.98. The molecule has 2 N–H and O–H groups in total. The Hall–Kier alpha value is -0.690. The van der Waals surface area contributed by atoms with Crippen molar-refractivity contribution in [1.82, 2.24) is 4.72 Å². The van der Waals surface area contributed by atoms with Crippen molar-refractivity contribution in [3.05, 3.63) is 29.0 Å². The van der Waals surface area contributed by atoms with Gasteiger partial charge in [-0.2, -0.15) is 0 Å². The molecule has 1 aromatic carbocycles. The van der Waals surface area contributed by atoms with E-state index in [-0.39, 0.29) is 22.6 Å². The summed E-state index contributed by atoms with van der Waals surface area (Å²) >= 11 is 5.61. The van der Waals surface area contributed by atoms with Gasteiger partial charge in [-0.1, -0.05) is 24.9 Å². The molecule has 112 valence electrons. The molecule has 1 aromatic rings. The third-order valence-electron chi connectivity index (χ3n) is 3.94. The lowest BCUT2D eigenvalue weighted by atomic mass is 9.86. The van der Waals surface area contributed by atoms with E-state index in [4.69, 9.17) is 11.6 Å². The van der Waals surface area contributed by atoms with Crippen molar-refractivity contribution >= 4 is 21.6 Å². The van der Waals surface area contributed by atoms with E-state index in [0.29, 0.717) is 6.42 Å². The van der Waals surface area contributed by atoms with Gasteiger partial charge < -0.3 is 5.11 Å². The van der Waals surface area contributed by atoms with Gasteiger partial charge in [-0.3, -0.25) is 0 Å². The molecular weight excluding hydrogens is 305 g/mol. The molecule has 0 aliphatic heterocycles. The van der Waals surface area contributed by atoms with Gasteiger partial charge in [-0.25, -0.2) is 17.5 Å². The van der Waals surface area contributed by atoms with Gasteiger partial charge in [0.15, 0.2) is 0 Å². The van der Waals surface area contributed by atoms with Crippen LogP contribution in [0.15, 0.2) is 23.1 Å². The average Bonchev–Trinajstić information content (AvgIpc) is 2.74. The average molecular weight is 322 g/mol. The first-order valence-corrected chi connectivity index (χ1v) is 8.23. The predicted molar refractivity (Wildman–Crippen MR) is 74.6 cm³/mol. The lowest BCUT2D eigenvalue weighted by Gasteiger charge is -2.29. The number of nitrogens with one attached hydrogen (secondary N) is 1. The summed E-state index contributed by atoms with van der Waals surface area (Å²) in [6, 6.07) is 2.96. The van der Waals surface area contributed by atoms with Crippen LogP contribution >= 0.6 is 11.6 Å². The molecule has 2 unspecified atom stereocenters. The Labute approximate surface area is 123 Å². The van der Waals surface area contributed by atoms with Crippen LogP contribution in [-0.4, -0.2) is 26.2 Å². The van der Waals surface area contributed by atoms with Crippen LogP contribution in [0.2, 0.25) is 5.02 Å². The van der Waals surface area contributed by atoms with Crippen LogP contribution in [0.5, 0.6) is 0 Å². The van der Waals surface area contributed by atoms with Gasteiger partial charge >= 0.3 is 0 Å². The number of sulfonamides is 1. The molecule has 1 fully saturated rings. The van der Waals surface area contributed by atoms with Crippen molar-refractivity contribution in [2.45, 2.75) is 37.1 Å². The molecule has 0 amide bonds. The Morgan fingerprint density at radius 1 is 1.55 bits per heavy atom. The quantitative estimate of drug-likeness (QED) is 0.894. The molecule has 1 aliphatic rings. The molecule has 0 saturated heterocycles. The maximum Gasteiger partial charge on any atom is 0.240 e. The van der Waals surface area contributed by atoms with E-state index < -0.39 is 21.3 Å². The van der Waals surface area contributed by atoms with Gasteiger partial charge in [0.2, 0.25) is 10.0 Å². The van der Waals surface area contributed by atoms with Gasteiger partial charge in [-0.15, -0.1) is 0 Å². The number of benzene rings is 1. The number of aliphatic hydroxyl groups is 1. The molecule has 1 aliphatic carbocycles. The van der Waals surface area contributed by atoms with Gasteiger partial charge in [0.1, 0.15) is 5.82 Å². The van der Waals surface area contributed by atoms with Gasteiger partial charge in [-0.05, 0) is 31.0 Å². The van der Waals surface area contributed by atoms with E-state index in [1.165, 1.54) is 6.07 Å². The Kier molecular flexibility index (Phi) is 4.39. The number of aliphatic hydroxyl groups excluding tert-OH is 1. The lowest BCUT2D eigenvalue weighted by Crippen LogP contribution is -2.44. The highest BCUT2D eigenvalue weighted by Gasteiger charge is 2.40. The van der Waals surface area contributed by atoms with Crippen LogP contribution in [0.25, 0.3) is 0 Å². The summed E-state index contributed by atoms with van der Waals surface area (Å²) in [4.78, 5) is -0.0731. The predicted octanol–water partition coefficient (Wildman–Crippen LogP) is 2.31. The minimum Gasteiger partial charge on any atom is -0.396 e. The fourth-order valence-electron chi connectivity index (χ4n) is 2.52. The highest BCUT2D eigenvalue weighted by molar-refractivity contribution is 7.89. The molecule has 2 rings (SSSR count). The van der Waals surface area contributed by atoms with Gasteiger partial charge in [0, 0.05) is 18.1 Å². The molecule has 7 heteroatoms. The van der Waals surface area contributed by atoms with Crippen molar-refractivity contribution in [3.63, 3.8) is 0 Å². The van der Waals surface area contributed by atoms with Crippen molar-refractivity contribution in [3.8, 4) is 0 Å². The Morgan fingerprint density at radius 2 is 2.25 bits per heavy atom. The van der Waals surface area contributed by atoms with Crippen LogP contribution in [0.1, 0.15) is 26.2 Å². The minimum absolute atomic E-state index is 0.0731. The lowest BCUT2D eigenvalue weighted by molar-refractivity contribution is 0.127. The van der Waals surface area contributed by atoms with Crippen LogP contribution in [0.3, 0.4) is 0 Å². The van der Waals surface area contributed by atoms with E-state index in [0.717, 1.165) is 25.0 Å². The molecule has 0 radical (unpaired) electrons. The molecule has 0 spiro atoms. The summed E-state index contributed by atoms with van der Waals surface area (Å²) < 4.78 is 40.2. The number of halogens is 2. The third-order valence-corrected chi connectivity index (χ3v) is 5.70. The number of rotatable bonds is 4. The van der Waals surface area contributed by atoms with E-state index in [9.17, 15) is 17.9 Å². The summed E-state index contributed by atoms with van der Waals surface area (Å²) in [6.45, 7) is 1.77. The van der Waals surface area contributed by atoms with Crippen molar-refractivity contribution in [1.29, 1.82) is 0 Å². The van der Waals surface area contributed by atoms with Crippen molar-refractivity contribution in [2.75, 3.05) is 6.61 Å². The standard InChI is InChI=1S/C13H17ClFNO3S/c1-13(8-17)6-2-3-12(13)16-20(18,19)9-4-5-11(15)10(14)7-9/h4-5,7,12,16-17H,2-3,6,8H2,1H3. The maximum atomic E-state index is 13.1. The highest BCUT2D eigenvalue weighted by atomic mass is 35.5. The molecule has 0 bridgehead atoms. The minimum atomic E-state index is -3.78. The Morgan fingerprint density at radius 3 is 2.85 bits per heavy atom. The van der Waals surface area contributed by atoms with E-state index in [2.05, 4.69) is 4.72 Å². The summed E-state index contributed by atoms with van der Waals surface area (Å²) in [5.74, 6) is -0.660.